The van der Waals surface area contributed by atoms with Gasteiger partial charge < -0.3 is 15.5 Å². The fourth-order valence-corrected chi connectivity index (χ4v) is 6.71. The quantitative estimate of drug-likeness (QED) is 0.0453. The molecular weight excluding hydrogens is 578 g/mol. The number of nitrogens with one attached hydrogen (secondary N) is 1. The van der Waals surface area contributed by atoms with Crippen molar-refractivity contribution in [2.45, 2.75) is 251 Å². The maximum absolute atomic E-state index is 12.4. The number of carbonyl (C=O) groups excluding carboxylic acids is 1. The van der Waals surface area contributed by atoms with Crippen LogP contribution in [0.25, 0.3) is 0 Å². The van der Waals surface area contributed by atoms with E-state index in [-0.39, 0.29) is 12.5 Å². The first-order chi connectivity index (χ1) is 23.2. The van der Waals surface area contributed by atoms with Crippen molar-refractivity contribution in [2.24, 2.45) is 0 Å². The van der Waals surface area contributed by atoms with Crippen LogP contribution < -0.4 is 5.32 Å². The molecule has 0 aromatic rings. The zero-order chi connectivity index (χ0) is 34.3. The molecule has 4 heteroatoms. The molecule has 1 amide bonds. The van der Waals surface area contributed by atoms with Crippen molar-refractivity contribution in [3.05, 3.63) is 12.2 Å². The largest absolute Gasteiger partial charge is 0.394 e. The Hall–Kier alpha value is -0.870. The third-order valence-electron chi connectivity index (χ3n) is 10.0. The molecule has 0 bridgehead atoms. The zero-order valence-corrected chi connectivity index (χ0v) is 32.1. The molecule has 0 aliphatic rings. The van der Waals surface area contributed by atoms with Gasteiger partial charge in [-0.15, -0.1) is 0 Å². The molecule has 0 aromatic carbocycles. The van der Waals surface area contributed by atoms with Gasteiger partial charge in [0.1, 0.15) is 0 Å². The van der Waals surface area contributed by atoms with Crippen LogP contribution in [0, 0.1) is 0 Å². The molecule has 280 valence electrons. The van der Waals surface area contributed by atoms with Crippen LogP contribution in [-0.4, -0.2) is 34.9 Å². The minimum Gasteiger partial charge on any atom is -0.394 e. The Bertz CT molecular complexity index is 637. The molecule has 0 fully saturated rings. The second-order valence-corrected chi connectivity index (χ2v) is 14.8. The fourth-order valence-electron chi connectivity index (χ4n) is 6.71. The van der Waals surface area contributed by atoms with Gasteiger partial charge in [-0.2, -0.15) is 0 Å². The van der Waals surface area contributed by atoms with Crippen molar-refractivity contribution >= 4 is 5.91 Å². The maximum Gasteiger partial charge on any atom is 0.220 e. The smallest absolute Gasteiger partial charge is 0.220 e. The minimum absolute atomic E-state index is 0.0382. The summed E-state index contributed by atoms with van der Waals surface area (Å²) in [6.45, 7) is 4.36. The lowest BCUT2D eigenvalue weighted by Gasteiger charge is -2.22. The Morgan fingerprint density at radius 3 is 1.17 bits per heavy atom. The third-order valence-corrected chi connectivity index (χ3v) is 10.0. The number of amides is 1. The van der Waals surface area contributed by atoms with Crippen LogP contribution in [0.3, 0.4) is 0 Å². The Kier molecular flexibility index (Phi) is 38.8. The Morgan fingerprint density at radius 2 is 0.809 bits per heavy atom. The molecule has 47 heavy (non-hydrogen) atoms. The number of hydrogen-bond acceptors (Lipinski definition) is 3. The summed E-state index contributed by atoms with van der Waals surface area (Å²) in [4.78, 5) is 12.4. The summed E-state index contributed by atoms with van der Waals surface area (Å²) in [5, 5.41) is 23.1. The van der Waals surface area contributed by atoms with E-state index < -0.39 is 12.1 Å². The van der Waals surface area contributed by atoms with Crippen molar-refractivity contribution < 1.29 is 15.0 Å². The Morgan fingerprint density at radius 1 is 0.489 bits per heavy atom. The number of unbranched alkanes of at least 4 members (excludes halogenated alkanes) is 30. The summed E-state index contributed by atoms with van der Waals surface area (Å²) in [5.41, 5.74) is 0. The lowest BCUT2D eigenvalue weighted by atomic mass is 10.0. The van der Waals surface area contributed by atoms with Crippen LogP contribution in [0.1, 0.15) is 239 Å². The highest BCUT2D eigenvalue weighted by Crippen LogP contribution is 2.16. The second-order valence-electron chi connectivity index (χ2n) is 14.8. The van der Waals surface area contributed by atoms with Gasteiger partial charge >= 0.3 is 0 Å². The predicted octanol–water partition coefficient (Wildman–Crippen LogP) is 13.1. The standard InChI is InChI=1S/C43H85NO3/c1-3-5-7-9-11-13-15-17-19-20-21-22-23-24-25-26-28-30-32-34-36-38-42(46)41(40-45)44-43(47)39-37-35-33-31-29-27-18-16-14-12-10-8-6-4-2/h16,18,41-42,45-46H,3-15,17,19-40H2,1-2H3,(H,44,47)/b18-16-. The first kappa shape index (κ1) is 46.1. The van der Waals surface area contributed by atoms with E-state index in [1.54, 1.807) is 0 Å². The van der Waals surface area contributed by atoms with Crippen molar-refractivity contribution in [1.29, 1.82) is 0 Å². The summed E-state index contributed by atoms with van der Waals surface area (Å²) in [5.74, 6) is -0.0382. The molecule has 0 aliphatic carbocycles. The van der Waals surface area contributed by atoms with Gasteiger partial charge in [0.15, 0.2) is 0 Å². The Balaban J connectivity index is 3.49. The van der Waals surface area contributed by atoms with Crippen LogP contribution in [-0.2, 0) is 4.79 Å². The van der Waals surface area contributed by atoms with Crippen LogP contribution in [0.2, 0.25) is 0 Å². The maximum atomic E-state index is 12.4. The summed E-state index contributed by atoms with van der Waals surface area (Å²) < 4.78 is 0. The van der Waals surface area contributed by atoms with Crippen molar-refractivity contribution in [3.8, 4) is 0 Å². The second kappa shape index (κ2) is 39.6. The first-order valence-electron chi connectivity index (χ1n) is 21.4. The molecule has 3 N–H and O–H groups in total. The lowest BCUT2D eigenvalue weighted by Crippen LogP contribution is -2.45. The lowest BCUT2D eigenvalue weighted by molar-refractivity contribution is -0.123. The molecule has 0 aromatic heterocycles. The van der Waals surface area contributed by atoms with E-state index >= 15 is 0 Å². The van der Waals surface area contributed by atoms with Gasteiger partial charge in [0, 0.05) is 6.42 Å². The van der Waals surface area contributed by atoms with Crippen LogP contribution in [0.4, 0.5) is 0 Å². The van der Waals surface area contributed by atoms with E-state index in [1.807, 2.05) is 0 Å². The van der Waals surface area contributed by atoms with E-state index in [0.717, 1.165) is 25.7 Å². The summed E-state index contributed by atoms with van der Waals surface area (Å²) in [6.07, 6.45) is 48.6. The van der Waals surface area contributed by atoms with Gasteiger partial charge in [-0.1, -0.05) is 206 Å². The molecule has 0 heterocycles. The normalized spacial score (nSPS) is 13.0. The minimum atomic E-state index is -0.659. The van der Waals surface area contributed by atoms with E-state index in [1.165, 1.54) is 186 Å². The van der Waals surface area contributed by atoms with Gasteiger partial charge in [-0.3, -0.25) is 4.79 Å². The Labute approximate surface area is 295 Å². The van der Waals surface area contributed by atoms with Crippen molar-refractivity contribution in [1.82, 2.24) is 5.32 Å². The van der Waals surface area contributed by atoms with Crippen molar-refractivity contribution in [3.63, 3.8) is 0 Å². The van der Waals surface area contributed by atoms with Crippen LogP contribution in [0.5, 0.6) is 0 Å². The van der Waals surface area contributed by atoms with Gasteiger partial charge in [0.2, 0.25) is 5.91 Å². The number of allylic oxidation sites excluding steroid dienone is 2. The molecule has 0 radical (unpaired) electrons. The van der Waals surface area contributed by atoms with Gasteiger partial charge in [-0.25, -0.2) is 0 Å². The molecule has 0 rings (SSSR count). The predicted molar refractivity (Wildman–Crippen MR) is 207 cm³/mol. The monoisotopic (exact) mass is 664 g/mol. The molecule has 0 aliphatic heterocycles. The molecule has 2 unspecified atom stereocenters. The highest BCUT2D eigenvalue weighted by molar-refractivity contribution is 5.76. The summed E-state index contributed by atoms with van der Waals surface area (Å²) in [7, 11) is 0. The first-order valence-corrected chi connectivity index (χ1v) is 21.4. The summed E-state index contributed by atoms with van der Waals surface area (Å²) in [6, 6.07) is -0.536. The summed E-state index contributed by atoms with van der Waals surface area (Å²) >= 11 is 0. The number of aliphatic hydroxyl groups is 2. The third kappa shape index (κ3) is 36.2. The molecular formula is C43H85NO3. The molecule has 2 atom stereocenters. The van der Waals surface area contributed by atoms with Crippen LogP contribution in [0.15, 0.2) is 12.2 Å². The number of carbonyl (C=O) groups is 1. The molecule has 0 saturated carbocycles. The zero-order valence-electron chi connectivity index (χ0n) is 32.1. The van der Waals surface area contributed by atoms with Gasteiger partial charge in [0.25, 0.3) is 0 Å². The van der Waals surface area contributed by atoms with E-state index in [4.69, 9.17) is 0 Å². The van der Waals surface area contributed by atoms with E-state index in [0.29, 0.717) is 12.8 Å². The average molecular weight is 664 g/mol. The van der Waals surface area contributed by atoms with Gasteiger partial charge in [-0.05, 0) is 38.5 Å². The van der Waals surface area contributed by atoms with E-state index in [2.05, 4.69) is 31.3 Å². The van der Waals surface area contributed by atoms with E-state index in [9.17, 15) is 15.0 Å². The number of aliphatic hydroxyl groups excluding tert-OH is 2. The fraction of sp³-hybridized carbons (Fsp3) is 0.930. The van der Waals surface area contributed by atoms with Crippen LogP contribution >= 0.6 is 0 Å². The molecule has 0 saturated heterocycles. The molecule has 4 nitrogen and oxygen atoms in total. The van der Waals surface area contributed by atoms with Crippen molar-refractivity contribution in [2.75, 3.05) is 6.61 Å². The topological polar surface area (TPSA) is 69.6 Å². The highest BCUT2D eigenvalue weighted by Gasteiger charge is 2.19. The van der Waals surface area contributed by atoms with Gasteiger partial charge in [0.05, 0.1) is 18.8 Å². The molecule has 0 spiro atoms. The number of rotatable bonds is 39. The number of hydrogen-bond donors (Lipinski definition) is 3. The average Bonchev–Trinajstić information content (AvgIpc) is 3.07. The SMILES string of the molecule is CCCCCCC/C=C\CCCCCCCC(=O)NC(CO)C(O)CCCCCCCCCCCCCCCCCCCCCCC. The highest BCUT2D eigenvalue weighted by atomic mass is 16.3.